The number of alkyl halides is 2. The number of nitro groups is 1. The van der Waals surface area contributed by atoms with E-state index in [2.05, 4.69) is 10.3 Å². The van der Waals surface area contributed by atoms with Gasteiger partial charge in [-0.05, 0) is 6.07 Å². The minimum absolute atomic E-state index is 0.136. The molecule has 1 aromatic heterocycles. The fourth-order valence-corrected chi connectivity index (χ4v) is 1.38. The minimum Gasteiger partial charge on any atom is -0.423 e. The number of rotatable bonds is 5. The molecule has 2 aromatic rings. The fourth-order valence-electron chi connectivity index (χ4n) is 1.38. The number of anilines is 1. The van der Waals surface area contributed by atoms with E-state index in [1.54, 1.807) is 0 Å². The lowest BCUT2D eigenvalue weighted by atomic mass is 10.3. The third-order valence-electron chi connectivity index (χ3n) is 2.38. The third kappa shape index (κ3) is 2.94. The Kier molecular flexibility index (Phi) is 3.30. The summed E-state index contributed by atoms with van der Waals surface area (Å²) in [4.78, 5) is 13.9. The Labute approximate surface area is 105 Å². The molecule has 3 N–H and O–H groups in total. The monoisotopic (exact) mass is 272 g/mol. The molecular formula is C10H10F2N4O3. The van der Waals surface area contributed by atoms with Gasteiger partial charge in [-0.2, -0.15) is 4.98 Å². The molecule has 102 valence electrons. The number of hydrogen-bond acceptors (Lipinski definition) is 6. The number of nitrogens with zero attached hydrogens (tertiary/aromatic N) is 2. The Morgan fingerprint density at radius 3 is 2.89 bits per heavy atom. The number of oxazole rings is 1. The maximum absolute atomic E-state index is 12.9. The molecule has 2 rings (SSSR count). The van der Waals surface area contributed by atoms with Crippen molar-refractivity contribution in [2.45, 2.75) is 5.92 Å². The molecule has 0 saturated heterocycles. The first kappa shape index (κ1) is 13.1. The molecule has 0 atom stereocenters. The van der Waals surface area contributed by atoms with Gasteiger partial charge in [-0.15, -0.1) is 0 Å². The van der Waals surface area contributed by atoms with Crippen LogP contribution in [0, 0.1) is 10.1 Å². The Morgan fingerprint density at radius 1 is 1.53 bits per heavy atom. The average molecular weight is 272 g/mol. The molecule has 0 spiro atoms. The van der Waals surface area contributed by atoms with Gasteiger partial charge in [-0.1, -0.05) is 0 Å². The van der Waals surface area contributed by atoms with E-state index in [0.717, 1.165) is 0 Å². The van der Waals surface area contributed by atoms with Gasteiger partial charge < -0.3 is 15.5 Å². The lowest BCUT2D eigenvalue weighted by molar-refractivity contribution is -0.384. The van der Waals surface area contributed by atoms with Crippen LogP contribution in [0.3, 0.4) is 0 Å². The van der Waals surface area contributed by atoms with E-state index in [1.807, 2.05) is 0 Å². The Morgan fingerprint density at radius 2 is 2.26 bits per heavy atom. The van der Waals surface area contributed by atoms with Gasteiger partial charge in [-0.25, -0.2) is 8.78 Å². The van der Waals surface area contributed by atoms with Crippen LogP contribution in [0.5, 0.6) is 0 Å². The number of fused-ring (bicyclic) bond motifs is 1. The molecule has 0 amide bonds. The topological polar surface area (TPSA) is 107 Å². The Balaban J connectivity index is 2.20. The summed E-state index contributed by atoms with van der Waals surface area (Å²) in [5.41, 5.74) is 5.20. The summed E-state index contributed by atoms with van der Waals surface area (Å²) in [7, 11) is 0. The van der Waals surface area contributed by atoms with E-state index >= 15 is 0 Å². The van der Waals surface area contributed by atoms with Gasteiger partial charge in [0.2, 0.25) is 0 Å². The molecular weight excluding hydrogens is 262 g/mol. The summed E-state index contributed by atoms with van der Waals surface area (Å²) in [6, 6.07) is 3.67. The molecule has 0 bridgehead atoms. The van der Waals surface area contributed by atoms with E-state index < -0.39 is 23.9 Å². The van der Waals surface area contributed by atoms with Crippen LogP contribution in [0.15, 0.2) is 22.6 Å². The molecule has 0 fully saturated rings. The van der Waals surface area contributed by atoms with Gasteiger partial charge in [0.15, 0.2) is 5.58 Å². The van der Waals surface area contributed by atoms with Crippen LogP contribution in [0.25, 0.3) is 11.1 Å². The van der Waals surface area contributed by atoms with Crippen LogP contribution in [-0.2, 0) is 0 Å². The summed E-state index contributed by atoms with van der Waals surface area (Å²) < 4.78 is 30.9. The lowest BCUT2D eigenvalue weighted by Gasteiger charge is -2.12. The molecule has 1 aromatic carbocycles. The normalized spacial score (nSPS) is 11.7. The van der Waals surface area contributed by atoms with Crippen LogP contribution in [-0.4, -0.2) is 28.9 Å². The summed E-state index contributed by atoms with van der Waals surface area (Å²) in [5, 5.41) is 12.9. The van der Waals surface area contributed by atoms with Crippen molar-refractivity contribution in [2.75, 3.05) is 18.4 Å². The van der Waals surface area contributed by atoms with E-state index in [4.69, 9.17) is 10.2 Å². The number of aromatic nitrogens is 1. The Bertz CT molecular complexity index is 614. The number of halogens is 2. The number of benzene rings is 1. The zero-order chi connectivity index (χ0) is 14.0. The summed E-state index contributed by atoms with van der Waals surface area (Å²) in [6.45, 7) is -1.52. The molecule has 0 aliphatic carbocycles. The largest absolute Gasteiger partial charge is 0.423 e. The lowest BCUT2D eigenvalue weighted by Crippen LogP contribution is -2.35. The molecule has 9 heteroatoms. The highest BCUT2D eigenvalue weighted by atomic mass is 19.3. The third-order valence-corrected chi connectivity index (χ3v) is 2.38. The summed E-state index contributed by atoms with van der Waals surface area (Å²) >= 11 is 0. The molecule has 7 nitrogen and oxygen atoms in total. The molecule has 0 unspecified atom stereocenters. The highest BCUT2D eigenvalue weighted by molar-refractivity contribution is 5.77. The smallest absolute Gasteiger partial charge is 0.295 e. The molecule has 0 aliphatic rings. The van der Waals surface area contributed by atoms with Gasteiger partial charge >= 0.3 is 0 Å². The number of nitrogens with one attached hydrogen (secondary N) is 1. The van der Waals surface area contributed by atoms with Crippen LogP contribution >= 0.6 is 0 Å². The highest BCUT2D eigenvalue weighted by Crippen LogP contribution is 2.24. The first-order chi connectivity index (χ1) is 8.91. The van der Waals surface area contributed by atoms with Gasteiger partial charge in [0.1, 0.15) is 5.52 Å². The van der Waals surface area contributed by atoms with Crippen molar-refractivity contribution in [1.29, 1.82) is 0 Å². The second-order valence-corrected chi connectivity index (χ2v) is 3.84. The molecule has 1 heterocycles. The molecule has 0 radical (unpaired) electrons. The summed E-state index contributed by atoms with van der Waals surface area (Å²) in [5.74, 6) is -3.08. The number of non-ortho nitro benzene ring substituents is 1. The van der Waals surface area contributed by atoms with Crippen LogP contribution in [0.4, 0.5) is 20.5 Å². The zero-order valence-corrected chi connectivity index (χ0v) is 9.60. The first-order valence-corrected chi connectivity index (χ1v) is 5.28. The van der Waals surface area contributed by atoms with E-state index in [9.17, 15) is 18.9 Å². The molecule has 19 heavy (non-hydrogen) atoms. The minimum atomic E-state index is -3.08. The van der Waals surface area contributed by atoms with E-state index in [1.165, 1.54) is 18.2 Å². The van der Waals surface area contributed by atoms with Gasteiger partial charge in [0, 0.05) is 6.07 Å². The summed E-state index contributed by atoms with van der Waals surface area (Å²) in [6.07, 6.45) is 0. The van der Waals surface area contributed by atoms with Crippen molar-refractivity contribution in [1.82, 2.24) is 4.98 Å². The van der Waals surface area contributed by atoms with Gasteiger partial charge in [-0.3, -0.25) is 10.1 Å². The molecule has 0 aliphatic heterocycles. The van der Waals surface area contributed by atoms with E-state index in [-0.39, 0.29) is 17.3 Å². The van der Waals surface area contributed by atoms with Crippen molar-refractivity contribution in [2.24, 2.45) is 5.73 Å². The number of hydrogen-bond donors (Lipinski definition) is 2. The van der Waals surface area contributed by atoms with Crippen LogP contribution in [0.2, 0.25) is 0 Å². The first-order valence-electron chi connectivity index (χ1n) is 5.28. The van der Waals surface area contributed by atoms with Crippen molar-refractivity contribution >= 4 is 22.8 Å². The fraction of sp³-hybridized carbons (Fsp3) is 0.300. The van der Waals surface area contributed by atoms with Crippen LogP contribution in [0.1, 0.15) is 0 Å². The predicted octanol–water partition coefficient (Wildman–Crippen LogP) is 1.74. The Hall–Kier alpha value is -2.29. The average Bonchev–Trinajstić information content (AvgIpc) is 2.78. The second kappa shape index (κ2) is 4.76. The highest BCUT2D eigenvalue weighted by Gasteiger charge is 2.27. The van der Waals surface area contributed by atoms with Gasteiger partial charge in [0.25, 0.3) is 17.6 Å². The van der Waals surface area contributed by atoms with Gasteiger partial charge in [0.05, 0.1) is 24.1 Å². The maximum Gasteiger partial charge on any atom is 0.295 e. The SMILES string of the molecule is NCC(F)(F)CNc1nc2ccc([N+](=O)[O-])cc2o1. The number of nitro benzene ring substituents is 1. The van der Waals surface area contributed by atoms with Crippen LogP contribution < -0.4 is 11.1 Å². The maximum atomic E-state index is 12.9. The predicted molar refractivity (Wildman–Crippen MR) is 63.2 cm³/mol. The quantitative estimate of drug-likeness (QED) is 0.634. The standard InChI is InChI=1S/C10H10F2N4O3/c11-10(12,4-13)5-14-9-15-7-2-1-6(16(17)18)3-8(7)19-9/h1-3H,4-5,13H2,(H,14,15). The van der Waals surface area contributed by atoms with Crippen molar-refractivity contribution in [3.63, 3.8) is 0 Å². The second-order valence-electron chi connectivity index (χ2n) is 3.84. The van der Waals surface area contributed by atoms with E-state index in [0.29, 0.717) is 5.52 Å². The number of nitrogens with two attached hydrogens (primary N) is 1. The zero-order valence-electron chi connectivity index (χ0n) is 9.60. The van der Waals surface area contributed by atoms with Crippen molar-refractivity contribution < 1.29 is 18.1 Å². The molecule has 0 saturated carbocycles. The van der Waals surface area contributed by atoms with Crippen molar-refractivity contribution in [3.8, 4) is 0 Å². The van der Waals surface area contributed by atoms with Crippen molar-refractivity contribution in [3.05, 3.63) is 28.3 Å².